The Labute approximate surface area is 755 Å². The van der Waals surface area contributed by atoms with E-state index in [9.17, 15) is 48.1 Å². The monoisotopic (exact) mass is 1780 g/mol. The van der Waals surface area contributed by atoms with Crippen LogP contribution in [0.25, 0.3) is 0 Å². The number of anilines is 1. The van der Waals surface area contributed by atoms with Crippen LogP contribution in [-0.4, -0.2) is 89.0 Å². The third kappa shape index (κ3) is 41.7. The van der Waals surface area contributed by atoms with Crippen molar-refractivity contribution in [2.45, 2.75) is 327 Å². The van der Waals surface area contributed by atoms with Crippen molar-refractivity contribution in [2.24, 2.45) is 27.1 Å². The molecule has 9 rings (SSSR count). The second-order valence-electron chi connectivity index (χ2n) is 42.3. The van der Waals surface area contributed by atoms with Crippen molar-refractivity contribution < 1.29 is 52.8 Å². The predicted molar refractivity (Wildman–Crippen MR) is 529 cm³/mol. The van der Waals surface area contributed by atoms with Crippen molar-refractivity contribution in [3.05, 3.63) is 262 Å². The number of fused-ring (bicyclic) bond motifs is 1. The van der Waals surface area contributed by atoms with Gasteiger partial charge in [-0.25, -0.2) is 33.7 Å². The lowest BCUT2D eigenvalue weighted by molar-refractivity contribution is -0.119. The summed E-state index contributed by atoms with van der Waals surface area (Å²) in [5.74, 6) is 3.14. The number of hydrogen-bond acceptors (Lipinski definition) is 12. The van der Waals surface area contributed by atoms with Crippen LogP contribution in [-0.2, 0) is 56.3 Å². The number of unbranched alkanes of at least 4 members (excludes halogenated alkanes) is 1. The van der Waals surface area contributed by atoms with Crippen LogP contribution in [0.15, 0.2) is 216 Å². The molecule has 1 heterocycles. The normalized spacial score (nSPS) is 12.9. The lowest BCUT2D eigenvalue weighted by Gasteiger charge is -2.27. The number of nitrogens with zero attached hydrogens (tertiary/aromatic N) is 1. The largest absolute Gasteiger partial charge is 0.494 e. The molecule has 1 atom stereocenters. The van der Waals surface area contributed by atoms with Crippen LogP contribution in [0.4, 0.5) is 5.69 Å². The Morgan fingerprint density at radius 2 is 0.750 bits per heavy atom. The van der Waals surface area contributed by atoms with Gasteiger partial charge in [-0.2, -0.15) is 0 Å². The highest BCUT2D eigenvalue weighted by Gasteiger charge is 2.34. The molecule has 13 nitrogen and oxygen atoms in total. The summed E-state index contributed by atoms with van der Waals surface area (Å²) in [6.07, 6.45) is 5.40. The number of carbonyl (C=O) groups is 3. The highest BCUT2D eigenvalue weighted by Crippen LogP contribution is 2.35. The van der Waals surface area contributed by atoms with Gasteiger partial charge in [-0.05, 0) is 229 Å². The van der Waals surface area contributed by atoms with Crippen LogP contribution in [0.1, 0.15) is 324 Å². The van der Waals surface area contributed by atoms with E-state index in [1.165, 1.54) is 27.8 Å². The first-order valence-electron chi connectivity index (χ1n) is 43.8. The molecule has 0 saturated heterocycles. The quantitative estimate of drug-likeness (QED) is 0.0830. The van der Waals surface area contributed by atoms with E-state index in [0.717, 1.165) is 84.5 Å². The average Bonchev–Trinajstić information content (AvgIpc) is 1.35. The van der Waals surface area contributed by atoms with Crippen molar-refractivity contribution in [2.75, 3.05) is 23.8 Å². The van der Waals surface area contributed by atoms with Crippen molar-refractivity contribution >= 4 is 62.5 Å². The average molecular weight is 1780 g/mol. The number of amides is 1. The Balaban J connectivity index is 0.000000699. The number of carbonyl (C=O) groups excluding carboxylic acids is 3. The number of Topliss-reactive ketones (excluding diaryl/α,β-unsaturated/α-hetero) is 2. The van der Waals surface area contributed by atoms with E-state index in [1.807, 2.05) is 202 Å². The number of para-hydroxylation sites is 1. The fourth-order valence-corrected chi connectivity index (χ4v) is 15.7. The summed E-state index contributed by atoms with van der Waals surface area (Å²) in [4.78, 5) is 38.5. The van der Waals surface area contributed by atoms with Gasteiger partial charge in [0.1, 0.15) is 5.75 Å². The fraction of sp³-hybridized carbons (Fsp3) is 0.523. The minimum atomic E-state index is -3.22. The molecule has 0 saturated carbocycles. The molecule has 1 aliphatic heterocycles. The molecule has 8 aromatic carbocycles. The molecule has 1 unspecified atom stereocenters. The molecule has 1 amide bonds. The lowest BCUT2D eigenvalue weighted by Crippen LogP contribution is -2.30. The lowest BCUT2D eigenvalue weighted by atomic mass is 9.78. The van der Waals surface area contributed by atoms with E-state index >= 15 is 0 Å². The smallest absolute Gasteiger partial charge is 0.227 e. The molecule has 8 aromatic rings. The second kappa shape index (κ2) is 48.9. The van der Waals surface area contributed by atoms with E-state index in [1.54, 1.807) is 107 Å². The van der Waals surface area contributed by atoms with E-state index < -0.39 is 58.3 Å². The van der Waals surface area contributed by atoms with E-state index in [-0.39, 0.29) is 39.5 Å². The SMILES string of the molecule is CC(C)(C)CCC(=O)N1CCc2ccccc21.CC(C)(C)S(=O)(=O)Cc1ccccc1.CC(C)c1ccc(S(=O)(=O)C(C)(C)C)cc1.CC(c1ccccc1)C(C)(C)C.CCCCS(=O)(=O)C(C)(C)C.Cc1ccc(C(=O)C(C)(C)C)cc1.Cc1ccc(C(=O)C(C)(C)C)cc1.Cc1ccc(OCCC(C)(C)C)cc1.Cc1ccc(S(=O)(=O)C(C)(C)C)cc1. The molecule has 1 aliphatic rings. The van der Waals surface area contributed by atoms with Gasteiger partial charge >= 0.3 is 0 Å². The molecule has 0 aromatic heterocycles. The van der Waals surface area contributed by atoms with Gasteiger partial charge in [0, 0.05) is 40.6 Å². The van der Waals surface area contributed by atoms with Gasteiger partial charge in [0.2, 0.25) is 5.91 Å². The summed E-state index contributed by atoms with van der Waals surface area (Å²) in [5.41, 5.74) is 12.6. The maximum Gasteiger partial charge on any atom is 0.227 e. The Kier molecular flexibility index (Phi) is 45.0. The first-order valence-corrected chi connectivity index (χ1v) is 50.1. The Hall–Kier alpha value is -7.83. The zero-order valence-electron chi connectivity index (χ0n) is 82.8. The minimum Gasteiger partial charge on any atom is -0.494 e. The number of rotatable bonds is 16. The molecular weight excluding hydrogens is 1620 g/mol. The minimum absolute atomic E-state index is 0.122. The van der Waals surface area contributed by atoms with Crippen molar-refractivity contribution in [1.29, 1.82) is 0 Å². The van der Waals surface area contributed by atoms with Crippen molar-refractivity contribution in [3.8, 4) is 5.75 Å². The van der Waals surface area contributed by atoms with E-state index in [2.05, 4.69) is 145 Å². The van der Waals surface area contributed by atoms with Gasteiger partial charge < -0.3 is 9.64 Å². The first kappa shape index (κ1) is 114. The summed E-state index contributed by atoms with van der Waals surface area (Å²) in [7, 11) is -12.3. The maximum atomic E-state index is 12.2. The van der Waals surface area contributed by atoms with Crippen LogP contribution in [0, 0.1) is 54.8 Å². The third-order valence-corrected chi connectivity index (χ3v) is 30.9. The van der Waals surface area contributed by atoms with Gasteiger partial charge in [-0.15, -0.1) is 0 Å². The molecule has 0 fully saturated rings. The van der Waals surface area contributed by atoms with Crippen molar-refractivity contribution in [3.63, 3.8) is 0 Å². The fourth-order valence-electron chi connectivity index (χ4n) is 10.9. The van der Waals surface area contributed by atoms with Crippen molar-refractivity contribution in [1.82, 2.24) is 0 Å². The molecule has 0 aliphatic carbocycles. The maximum absolute atomic E-state index is 12.2. The zero-order chi connectivity index (χ0) is 95.9. The topological polar surface area (TPSA) is 200 Å². The number of aryl methyl sites for hydroxylation is 4. The Morgan fingerprint density at radius 3 is 1.10 bits per heavy atom. The molecule has 690 valence electrons. The number of hydrogen-bond donors (Lipinski definition) is 0. The van der Waals surface area contributed by atoms with Gasteiger partial charge in [-0.1, -0.05) is 324 Å². The van der Waals surface area contributed by atoms with Gasteiger partial charge in [0.05, 0.1) is 46.9 Å². The molecule has 17 heteroatoms. The molecule has 0 radical (unpaired) electrons. The summed E-state index contributed by atoms with van der Waals surface area (Å²) in [6.45, 7) is 70.6. The van der Waals surface area contributed by atoms with E-state index in [4.69, 9.17) is 4.74 Å². The van der Waals surface area contributed by atoms with Gasteiger partial charge in [-0.3, -0.25) is 14.4 Å². The standard InChI is InChI=1S/C15H21NO.C13H20O2S.C13H20O.2C12H16O.C12H18.2C11H16O2S.C8H18O2S/c1-15(2,3)10-8-14(17)16-11-9-12-6-4-5-7-13(12)16;1-10(2)11-6-8-12(9-7-11)16(14,15)13(3,4)5;1-11-5-7-12(8-6-11)14-10-9-13(2,3)4;2*1-9-5-7-10(8-6-9)11(13)12(2,3)4;1-10(12(2,3)4)11-8-6-5-7-9-11;1-9-5-7-10(8-6-9)14(12,13)11(2,3)4;1-11(2,3)14(12,13)9-10-7-5-4-6-8-10;1-5-6-7-11(9,10)8(2,3)4/h4-7H,8-11H2,1-3H3;6-10H,1-5H3;5-8H,9-10H2,1-4H3;2*5-8H,1-4H3;5-10H,1-4H3;5-8H,1-4H3;4-8H,9H2,1-3H3;5-7H2,1-4H3. The van der Waals surface area contributed by atoms with Crippen LogP contribution < -0.4 is 9.64 Å². The molecule has 0 bridgehead atoms. The number of sulfone groups is 4. The van der Waals surface area contributed by atoms with Crippen LogP contribution in [0.5, 0.6) is 5.75 Å². The highest BCUT2D eigenvalue weighted by molar-refractivity contribution is 7.93. The Morgan fingerprint density at radius 1 is 0.395 bits per heavy atom. The van der Waals surface area contributed by atoms with Crippen LogP contribution in [0.3, 0.4) is 0 Å². The summed E-state index contributed by atoms with van der Waals surface area (Å²) in [6, 6.07) is 66.0. The first-order chi connectivity index (χ1) is 56.3. The highest BCUT2D eigenvalue weighted by atomic mass is 32.2. The second-order valence-corrected chi connectivity index (χ2v) is 53.3. The van der Waals surface area contributed by atoms with Crippen LogP contribution >= 0.6 is 0 Å². The molecule has 0 N–H and O–H groups in total. The van der Waals surface area contributed by atoms with Gasteiger partial charge in [0.15, 0.2) is 50.9 Å². The van der Waals surface area contributed by atoms with E-state index in [0.29, 0.717) is 44.6 Å². The Bertz CT molecular complexity index is 4900. The summed E-state index contributed by atoms with van der Waals surface area (Å²) in [5, 5.41) is 0. The summed E-state index contributed by atoms with van der Waals surface area (Å²) >= 11 is 0. The molecular formula is C107H161NO12S4. The third-order valence-electron chi connectivity index (χ3n) is 20.6. The summed E-state index contributed by atoms with van der Waals surface area (Å²) < 4.78 is 97.6. The zero-order valence-corrected chi connectivity index (χ0v) is 86.1. The predicted octanol–water partition coefficient (Wildman–Crippen LogP) is 27.8. The molecule has 124 heavy (non-hydrogen) atoms. The van der Waals surface area contributed by atoms with Gasteiger partial charge in [0.25, 0.3) is 0 Å². The van der Waals surface area contributed by atoms with Crippen LogP contribution in [0.2, 0.25) is 0 Å². The molecule has 0 spiro atoms. The number of benzene rings is 8. The number of ketones is 2. The number of ether oxygens (including phenoxy) is 1.